The minimum absolute atomic E-state index is 0.247. The molecule has 0 saturated carbocycles. The molecular weight excluding hydrogens is 365 g/mol. The Kier molecular flexibility index (Phi) is 4.71. The van der Waals surface area contributed by atoms with Crippen LogP contribution in [0.25, 0.3) is 5.41 Å². The molecule has 1 fully saturated rings. The summed E-state index contributed by atoms with van der Waals surface area (Å²) >= 11 is 2.84. The number of nitriles is 1. The van der Waals surface area contributed by atoms with Gasteiger partial charge in [-0.3, -0.25) is 0 Å². The second-order valence-corrected chi connectivity index (χ2v) is 7.08. The Morgan fingerprint density at radius 3 is 2.54 bits per heavy atom. The topological polar surface area (TPSA) is 88.9 Å². The number of hydrogen-bond acceptors (Lipinski definition) is 3. The van der Waals surface area contributed by atoms with Crippen LogP contribution >= 0.6 is 0 Å². The first-order valence-corrected chi connectivity index (χ1v) is 8.78. The van der Waals surface area contributed by atoms with Crippen molar-refractivity contribution in [3.05, 3.63) is 57.0 Å². The molecule has 6 heteroatoms. The van der Waals surface area contributed by atoms with E-state index in [-0.39, 0.29) is 5.84 Å². The molecular formula is C18H18N5Se. The van der Waals surface area contributed by atoms with Gasteiger partial charge in [0.1, 0.15) is 0 Å². The number of benzene rings is 1. The van der Waals surface area contributed by atoms with Gasteiger partial charge >= 0.3 is 150 Å². The molecule has 0 bridgehead atoms. The van der Waals surface area contributed by atoms with E-state index in [0.717, 1.165) is 32.5 Å². The quantitative estimate of drug-likeness (QED) is 0.568. The standard InChI is InChI=1S/C18H17N5Se/c19-10-14-16(21)22-17(24)15(11-20)18(14)6-8-23(9-7-18)12-13-4-2-1-3-5-13/h1-5H,6-9,12H2,(H2,21,22)/q-1/p+1. The fraction of sp³-hybridized carbons (Fsp3) is 0.333. The molecule has 1 spiro atoms. The zero-order valence-electron chi connectivity index (χ0n) is 13.2. The van der Waals surface area contributed by atoms with E-state index >= 15 is 0 Å². The predicted octanol–water partition coefficient (Wildman–Crippen LogP) is 0.292. The number of allylic oxidation sites excluding steroid dienone is 1. The zero-order valence-corrected chi connectivity index (χ0v) is 15.0. The molecule has 0 aliphatic carbocycles. The number of aliphatic imine (C=N–C) groups is 1. The molecule has 0 amide bonds. The van der Waals surface area contributed by atoms with E-state index in [1.54, 1.807) is 0 Å². The van der Waals surface area contributed by atoms with Gasteiger partial charge in [-0.05, 0) is 0 Å². The van der Waals surface area contributed by atoms with Gasteiger partial charge in [-0.25, -0.2) is 0 Å². The average molecular weight is 383 g/mol. The molecule has 0 atom stereocenters. The van der Waals surface area contributed by atoms with Crippen LogP contribution in [0.2, 0.25) is 0 Å². The van der Waals surface area contributed by atoms with Gasteiger partial charge < -0.3 is 0 Å². The summed E-state index contributed by atoms with van der Waals surface area (Å²) in [6.45, 7) is 2.75. The van der Waals surface area contributed by atoms with Gasteiger partial charge in [-0.2, -0.15) is 0 Å². The van der Waals surface area contributed by atoms with Crippen LogP contribution in [0.3, 0.4) is 0 Å². The van der Waals surface area contributed by atoms with Crippen LogP contribution in [-0.4, -0.2) is 40.8 Å². The number of nitrogens with one attached hydrogen (secondary N) is 1. The Morgan fingerprint density at radius 2 is 1.96 bits per heavy atom. The van der Waals surface area contributed by atoms with Gasteiger partial charge in [0.05, 0.1) is 0 Å². The van der Waals surface area contributed by atoms with Crippen LogP contribution in [0.15, 0.2) is 51.1 Å². The third-order valence-electron chi connectivity index (χ3n) is 4.98. The van der Waals surface area contributed by atoms with Crippen LogP contribution in [-0.2, 0) is 6.54 Å². The molecule has 24 heavy (non-hydrogen) atoms. The molecule has 2 aliphatic rings. The maximum atomic E-state index is 9.61. The fourth-order valence-corrected chi connectivity index (χ4v) is 4.42. The molecule has 1 aromatic rings. The van der Waals surface area contributed by atoms with Crippen molar-refractivity contribution in [3.63, 3.8) is 0 Å². The van der Waals surface area contributed by atoms with Crippen LogP contribution < -0.4 is 10.6 Å². The molecule has 2 heterocycles. The second kappa shape index (κ2) is 6.76. The van der Waals surface area contributed by atoms with Crippen LogP contribution in [0, 0.1) is 16.7 Å². The first-order chi connectivity index (χ1) is 11.6. The Morgan fingerprint density at radius 1 is 1.29 bits per heavy atom. The number of piperidine rings is 1. The summed E-state index contributed by atoms with van der Waals surface area (Å²) in [4.78, 5) is 5.62. The predicted molar refractivity (Wildman–Crippen MR) is 94.4 cm³/mol. The summed E-state index contributed by atoms with van der Waals surface area (Å²) in [5, 5.41) is 19.2. The molecule has 3 rings (SSSR count). The first kappa shape index (κ1) is 16.7. The van der Waals surface area contributed by atoms with E-state index in [1.807, 2.05) is 6.07 Å². The molecule has 121 valence electrons. The van der Waals surface area contributed by atoms with Crippen molar-refractivity contribution < 1.29 is 4.90 Å². The number of amidine groups is 1. The molecule has 1 radical (unpaired) electrons. The average Bonchev–Trinajstić information content (AvgIpc) is 2.58. The Labute approximate surface area is 149 Å². The third kappa shape index (κ3) is 2.84. The van der Waals surface area contributed by atoms with Gasteiger partial charge in [-0.15, -0.1) is 0 Å². The second-order valence-electron chi connectivity index (χ2n) is 6.27. The number of nitrogens with zero attached hydrogens (tertiary/aromatic N) is 3. The van der Waals surface area contributed by atoms with Crippen LogP contribution in [0.4, 0.5) is 0 Å². The summed E-state index contributed by atoms with van der Waals surface area (Å²) in [7, 11) is 0. The summed E-state index contributed by atoms with van der Waals surface area (Å²) in [5.74, 6) is 2.46. The van der Waals surface area contributed by atoms with Gasteiger partial charge in [0, 0.05) is 0 Å². The van der Waals surface area contributed by atoms with E-state index < -0.39 is 5.41 Å². The molecule has 5 nitrogen and oxygen atoms in total. The number of rotatable bonds is 2. The van der Waals surface area contributed by atoms with Crippen molar-refractivity contribution in [1.29, 1.82) is 5.26 Å². The van der Waals surface area contributed by atoms with Crippen molar-refractivity contribution in [2.45, 2.75) is 19.4 Å². The Hall–Kier alpha value is -2.15. The van der Waals surface area contributed by atoms with Gasteiger partial charge in [-0.1, -0.05) is 0 Å². The number of hydrogen-bond donors (Lipinski definition) is 2. The van der Waals surface area contributed by atoms with E-state index in [9.17, 15) is 10.7 Å². The third-order valence-corrected chi connectivity index (χ3v) is 5.60. The van der Waals surface area contributed by atoms with Gasteiger partial charge in [0.25, 0.3) is 0 Å². The fourth-order valence-electron chi connectivity index (χ4n) is 3.71. The van der Waals surface area contributed by atoms with Crippen molar-refractivity contribution >= 4 is 27.7 Å². The summed E-state index contributed by atoms with van der Waals surface area (Å²) < 4.78 is 0.528. The van der Waals surface area contributed by atoms with Crippen LogP contribution in [0.5, 0.6) is 0 Å². The molecule has 2 aliphatic heterocycles. The normalized spacial score (nSPS) is 26.7. The van der Waals surface area contributed by atoms with E-state index in [4.69, 9.17) is 5.73 Å². The molecule has 3 N–H and O–H groups in total. The Bertz CT molecular complexity index is 788. The number of nitrogens with two attached hydrogens (primary N) is 1. The maximum absolute atomic E-state index is 9.61. The van der Waals surface area contributed by atoms with Crippen molar-refractivity contribution in [1.82, 2.24) is 0 Å². The van der Waals surface area contributed by atoms with Crippen molar-refractivity contribution in [2.24, 2.45) is 16.1 Å². The van der Waals surface area contributed by atoms with Gasteiger partial charge in [0.15, 0.2) is 0 Å². The summed E-state index contributed by atoms with van der Waals surface area (Å²) in [6.07, 6.45) is 1.48. The summed E-state index contributed by atoms with van der Waals surface area (Å²) in [5.41, 5.74) is 7.73. The first-order valence-electron chi connectivity index (χ1n) is 7.92. The monoisotopic (exact) mass is 384 g/mol. The molecule has 1 aromatic carbocycles. The summed E-state index contributed by atoms with van der Waals surface area (Å²) in [6, 6.07) is 12.7. The Balaban J connectivity index is 1.84. The van der Waals surface area contributed by atoms with Crippen LogP contribution in [0.1, 0.15) is 18.4 Å². The van der Waals surface area contributed by atoms with Crippen molar-refractivity contribution in [2.75, 3.05) is 13.1 Å². The molecule has 0 unspecified atom stereocenters. The van der Waals surface area contributed by atoms with Gasteiger partial charge in [0.2, 0.25) is 0 Å². The van der Waals surface area contributed by atoms with E-state index in [2.05, 4.69) is 57.2 Å². The zero-order chi connectivity index (χ0) is 17.2. The van der Waals surface area contributed by atoms with Crippen molar-refractivity contribution in [3.8, 4) is 6.07 Å². The molecule has 0 aromatic heterocycles. The SMILES string of the molecule is N#CC1=C([Se])N=C(N)C(=C=[N-])C12CC[NH+](Cc1ccccc1)CC2. The van der Waals surface area contributed by atoms with E-state index in [1.165, 1.54) is 10.5 Å². The number of quaternary nitrogens is 1. The van der Waals surface area contributed by atoms with E-state index in [0.29, 0.717) is 15.7 Å². The minimum atomic E-state index is -0.573. The molecule has 1 saturated heterocycles. The number of likely N-dealkylation sites (tertiary alicyclic amines) is 1.